The second-order valence-electron chi connectivity index (χ2n) is 6.77. The van der Waals surface area contributed by atoms with E-state index in [4.69, 9.17) is 13.7 Å². The van der Waals surface area contributed by atoms with E-state index in [-0.39, 0.29) is 6.04 Å². The fourth-order valence-corrected chi connectivity index (χ4v) is 3.49. The molecule has 3 heterocycles. The van der Waals surface area contributed by atoms with Gasteiger partial charge < -0.3 is 13.7 Å². The van der Waals surface area contributed by atoms with E-state index in [1.807, 2.05) is 19.9 Å². The predicted octanol–water partition coefficient (Wildman–Crippen LogP) is 3.08. The molecule has 0 N–H and O–H groups in total. The minimum Gasteiger partial charge on any atom is -0.463 e. The van der Waals surface area contributed by atoms with Gasteiger partial charge in [-0.3, -0.25) is 4.90 Å². The number of likely N-dealkylation sites (tertiary alicyclic amines) is 1. The Morgan fingerprint density at radius 1 is 1.48 bits per heavy atom. The van der Waals surface area contributed by atoms with Crippen molar-refractivity contribution in [2.45, 2.75) is 46.1 Å². The third-order valence-electron chi connectivity index (χ3n) is 4.86. The molecule has 7 heteroatoms. The molecule has 0 bridgehead atoms. The minimum atomic E-state index is -0.431. The largest absolute Gasteiger partial charge is 0.463 e. The highest BCUT2D eigenvalue weighted by molar-refractivity contribution is 5.87. The number of carbonyl (C=O) groups is 1. The maximum absolute atomic E-state index is 11.8. The second-order valence-corrected chi connectivity index (χ2v) is 6.77. The van der Waals surface area contributed by atoms with Crippen molar-refractivity contribution in [2.75, 3.05) is 20.2 Å². The molecule has 3 rings (SSSR count). The first-order chi connectivity index (χ1) is 12.0. The summed E-state index contributed by atoms with van der Waals surface area (Å²) >= 11 is 0. The van der Waals surface area contributed by atoms with Crippen LogP contribution in [0, 0.1) is 19.8 Å². The van der Waals surface area contributed by atoms with Crippen molar-refractivity contribution in [3.8, 4) is 0 Å². The molecular formula is C18H25N3O4. The lowest BCUT2D eigenvalue weighted by molar-refractivity contribution is 0.0554. The number of methoxy groups -OCH3 is 1. The number of aromatic nitrogens is 2. The number of hydrogen-bond donors (Lipinski definition) is 0. The molecule has 1 saturated heterocycles. The van der Waals surface area contributed by atoms with E-state index in [0.717, 1.165) is 49.5 Å². The smallest absolute Gasteiger partial charge is 0.374 e. The number of carbonyl (C=O) groups excluding carboxylic acids is 1. The second kappa shape index (κ2) is 7.39. The first kappa shape index (κ1) is 17.7. The zero-order valence-corrected chi connectivity index (χ0v) is 15.2. The van der Waals surface area contributed by atoms with Gasteiger partial charge in [-0.2, -0.15) is 4.98 Å². The Balaban J connectivity index is 1.67. The summed E-state index contributed by atoms with van der Waals surface area (Å²) < 4.78 is 15.6. The number of furan rings is 1. The van der Waals surface area contributed by atoms with Crippen LogP contribution in [0.4, 0.5) is 0 Å². The first-order valence-electron chi connectivity index (χ1n) is 8.69. The molecule has 0 aromatic carbocycles. The Morgan fingerprint density at radius 3 is 2.96 bits per heavy atom. The van der Waals surface area contributed by atoms with E-state index in [1.165, 1.54) is 7.11 Å². The molecule has 25 heavy (non-hydrogen) atoms. The van der Waals surface area contributed by atoms with Crippen LogP contribution in [0.5, 0.6) is 0 Å². The fraction of sp³-hybridized carbons (Fsp3) is 0.611. The van der Waals surface area contributed by atoms with Crippen molar-refractivity contribution in [1.82, 2.24) is 15.0 Å². The topological polar surface area (TPSA) is 81.6 Å². The normalized spacial score (nSPS) is 19.8. The van der Waals surface area contributed by atoms with Gasteiger partial charge in [0.1, 0.15) is 5.76 Å². The predicted molar refractivity (Wildman–Crippen MR) is 90.2 cm³/mol. The number of esters is 1. The van der Waals surface area contributed by atoms with Crippen molar-refractivity contribution in [3.63, 3.8) is 0 Å². The maximum atomic E-state index is 11.8. The maximum Gasteiger partial charge on any atom is 0.374 e. The molecule has 1 fully saturated rings. The number of aryl methyl sites for hydroxylation is 2. The minimum absolute atomic E-state index is 0.104. The SMILES string of the molecule is COC(=O)c1oc([C@@H](C)N2CCC[C@H](Cc3noc(C)n3)C2)cc1C. The third kappa shape index (κ3) is 3.92. The molecule has 0 amide bonds. The average molecular weight is 347 g/mol. The van der Waals surface area contributed by atoms with Crippen LogP contribution in [-0.2, 0) is 11.2 Å². The van der Waals surface area contributed by atoms with Crippen LogP contribution in [0.25, 0.3) is 0 Å². The van der Waals surface area contributed by atoms with Gasteiger partial charge in [0.05, 0.1) is 13.2 Å². The molecule has 0 aliphatic carbocycles. The number of hydrogen-bond acceptors (Lipinski definition) is 7. The summed E-state index contributed by atoms with van der Waals surface area (Å²) in [5.41, 5.74) is 0.810. The van der Waals surface area contributed by atoms with Crippen molar-refractivity contribution < 1.29 is 18.5 Å². The van der Waals surface area contributed by atoms with Crippen molar-refractivity contribution in [1.29, 1.82) is 0 Å². The lowest BCUT2D eigenvalue weighted by Gasteiger charge is -2.35. The Kier molecular flexibility index (Phi) is 5.22. The third-order valence-corrected chi connectivity index (χ3v) is 4.86. The number of piperidine rings is 1. The quantitative estimate of drug-likeness (QED) is 0.769. The molecule has 2 aromatic rings. The van der Waals surface area contributed by atoms with Gasteiger partial charge in [-0.1, -0.05) is 5.16 Å². The fourth-order valence-electron chi connectivity index (χ4n) is 3.49. The standard InChI is InChI=1S/C18H25N3O4/c1-11-8-15(24-17(11)18(22)23-4)12(2)21-7-5-6-14(10-21)9-16-19-13(3)25-20-16/h8,12,14H,5-7,9-10H2,1-4H3/t12-,14-/m1/s1. The Bertz CT molecular complexity index is 737. The summed E-state index contributed by atoms with van der Waals surface area (Å²) in [5, 5.41) is 4.01. The lowest BCUT2D eigenvalue weighted by Crippen LogP contribution is -2.38. The highest BCUT2D eigenvalue weighted by Crippen LogP contribution is 2.30. The molecule has 2 atom stereocenters. The van der Waals surface area contributed by atoms with Gasteiger partial charge in [-0.05, 0) is 45.2 Å². The van der Waals surface area contributed by atoms with Crippen LogP contribution in [0.1, 0.15) is 59.4 Å². The monoisotopic (exact) mass is 347 g/mol. The van der Waals surface area contributed by atoms with E-state index in [0.29, 0.717) is 17.6 Å². The van der Waals surface area contributed by atoms with Crippen molar-refractivity contribution in [3.05, 3.63) is 34.9 Å². The molecule has 0 spiro atoms. The number of rotatable bonds is 5. The molecule has 1 aliphatic heterocycles. The first-order valence-corrected chi connectivity index (χ1v) is 8.69. The number of nitrogens with zero attached hydrogens (tertiary/aromatic N) is 3. The van der Waals surface area contributed by atoms with Gasteiger partial charge in [-0.25, -0.2) is 4.79 Å². The number of ether oxygens (including phenoxy) is 1. The molecular weight excluding hydrogens is 322 g/mol. The van der Waals surface area contributed by atoms with E-state index in [2.05, 4.69) is 22.0 Å². The highest BCUT2D eigenvalue weighted by Gasteiger charge is 2.28. The summed E-state index contributed by atoms with van der Waals surface area (Å²) in [6, 6.07) is 2.04. The molecule has 2 aromatic heterocycles. The van der Waals surface area contributed by atoms with Crippen LogP contribution in [0.3, 0.4) is 0 Å². The summed E-state index contributed by atoms with van der Waals surface area (Å²) in [4.78, 5) is 18.5. The summed E-state index contributed by atoms with van der Waals surface area (Å²) in [5.74, 6) is 2.54. The molecule has 0 saturated carbocycles. The van der Waals surface area contributed by atoms with E-state index in [9.17, 15) is 4.79 Å². The lowest BCUT2D eigenvalue weighted by atomic mass is 9.93. The van der Waals surface area contributed by atoms with Gasteiger partial charge in [0.15, 0.2) is 5.82 Å². The van der Waals surface area contributed by atoms with Crippen LogP contribution in [-0.4, -0.2) is 41.2 Å². The van der Waals surface area contributed by atoms with Gasteiger partial charge in [-0.15, -0.1) is 0 Å². The molecule has 0 radical (unpaired) electrons. The summed E-state index contributed by atoms with van der Waals surface area (Å²) in [7, 11) is 1.36. The summed E-state index contributed by atoms with van der Waals surface area (Å²) in [6.07, 6.45) is 3.10. The van der Waals surface area contributed by atoms with Crippen LogP contribution >= 0.6 is 0 Å². The van der Waals surface area contributed by atoms with E-state index < -0.39 is 5.97 Å². The zero-order valence-electron chi connectivity index (χ0n) is 15.2. The van der Waals surface area contributed by atoms with Crippen molar-refractivity contribution in [2.24, 2.45) is 5.92 Å². The molecule has 136 valence electrons. The Hall–Kier alpha value is -2.15. The van der Waals surface area contributed by atoms with Crippen molar-refractivity contribution >= 4 is 5.97 Å². The Morgan fingerprint density at radius 2 is 2.28 bits per heavy atom. The molecule has 7 nitrogen and oxygen atoms in total. The zero-order chi connectivity index (χ0) is 18.0. The molecule has 0 unspecified atom stereocenters. The van der Waals surface area contributed by atoms with E-state index >= 15 is 0 Å². The summed E-state index contributed by atoms with van der Waals surface area (Å²) in [6.45, 7) is 7.74. The van der Waals surface area contributed by atoms with Gasteiger partial charge in [0.25, 0.3) is 0 Å². The van der Waals surface area contributed by atoms with Crippen LogP contribution in [0.15, 0.2) is 15.0 Å². The van der Waals surface area contributed by atoms with Gasteiger partial charge >= 0.3 is 5.97 Å². The van der Waals surface area contributed by atoms with Gasteiger partial charge in [0.2, 0.25) is 11.7 Å². The molecule has 1 aliphatic rings. The van der Waals surface area contributed by atoms with Crippen LogP contribution < -0.4 is 0 Å². The van der Waals surface area contributed by atoms with E-state index in [1.54, 1.807) is 0 Å². The van der Waals surface area contributed by atoms with Gasteiger partial charge in [0, 0.05) is 25.5 Å². The average Bonchev–Trinajstić information content (AvgIpc) is 3.19. The van der Waals surface area contributed by atoms with Crippen LogP contribution in [0.2, 0.25) is 0 Å². The Labute approximate surface area is 147 Å². The highest BCUT2D eigenvalue weighted by atomic mass is 16.5.